The van der Waals surface area contributed by atoms with Gasteiger partial charge in [0, 0.05) is 16.4 Å². The van der Waals surface area contributed by atoms with Crippen LogP contribution in [0.5, 0.6) is 5.75 Å². The summed E-state index contributed by atoms with van der Waals surface area (Å²) in [6.45, 7) is 0.169. The summed E-state index contributed by atoms with van der Waals surface area (Å²) in [4.78, 5) is 12.5. The van der Waals surface area contributed by atoms with Crippen LogP contribution in [0.2, 0.25) is 5.02 Å². The summed E-state index contributed by atoms with van der Waals surface area (Å²) in [6, 6.07) is 22.1. The minimum absolute atomic E-state index is 0.0359. The molecular weight excluding hydrogens is 510 g/mol. The summed E-state index contributed by atoms with van der Waals surface area (Å²) in [5, 5.41) is 17.4. The third kappa shape index (κ3) is 6.61. The van der Waals surface area contributed by atoms with Gasteiger partial charge >= 0.3 is 0 Å². The molecule has 1 amide bonds. The SMILES string of the molecule is NS(=O)(=O)c1ccc(NC(=O)CSc2nnc(COc3ccccc3)n2-c2ccc(Cl)cc2)cc1. The number of nitrogens with zero attached hydrogens (tertiary/aromatic N) is 3. The second-order valence-electron chi connectivity index (χ2n) is 7.22. The maximum absolute atomic E-state index is 12.5. The number of rotatable bonds is 9. The number of hydrogen-bond donors (Lipinski definition) is 2. The molecule has 1 aromatic heterocycles. The van der Waals surface area contributed by atoms with E-state index in [-0.39, 0.29) is 23.2 Å². The van der Waals surface area contributed by atoms with E-state index in [0.29, 0.717) is 27.4 Å². The van der Waals surface area contributed by atoms with Crippen molar-refractivity contribution in [3.63, 3.8) is 0 Å². The van der Waals surface area contributed by atoms with Crippen LogP contribution in [0, 0.1) is 0 Å². The van der Waals surface area contributed by atoms with Gasteiger partial charge in [-0.3, -0.25) is 9.36 Å². The minimum Gasteiger partial charge on any atom is -0.486 e. The van der Waals surface area contributed by atoms with E-state index in [1.54, 1.807) is 16.7 Å². The van der Waals surface area contributed by atoms with Gasteiger partial charge in [-0.25, -0.2) is 13.6 Å². The van der Waals surface area contributed by atoms with Crippen molar-refractivity contribution < 1.29 is 17.9 Å². The highest BCUT2D eigenvalue weighted by Crippen LogP contribution is 2.24. The van der Waals surface area contributed by atoms with E-state index in [1.165, 1.54) is 36.0 Å². The molecular formula is C23H20ClN5O4S2. The average Bonchev–Trinajstić information content (AvgIpc) is 3.25. The number of nitrogens with one attached hydrogen (secondary N) is 1. The van der Waals surface area contributed by atoms with Gasteiger partial charge in [0.1, 0.15) is 12.4 Å². The lowest BCUT2D eigenvalue weighted by molar-refractivity contribution is -0.113. The van der Waals surface area contributed by atoms with Gasteiger partial charge in [-0.1, -0.05) is 41.6 Å². The van der Waals surface area contributed by atoms with E-state index >= 15 is 0 Å². The van der Waals surface area contributed by atoms with Crippen molar-refractivity contribution in [1.29, 1.82) is 0 Å². The molecule has 4 aromatic rings. The Morgan fingerprint density at radius 3 is 2.34 bits per heavy atom. The second kappa shape index (κ2) is 10.9. The Balaban J connectivity index is 1.47. The van der Waals surface area contributed by atoms with Crippen LogP contribution >= 0.6 is 23.4 Å². The molecule has 180 valence electrons. The van der Waals surface area contributed by atoms with Crippen LogP contribution in [0.3, 0.4) is 0 Å². The molecule has 35 heavy (non-hydrogen) atoms. The fourth-order valence-corrected chi connectivity index (χ4v) is 4.47. The van der Waals surface area contributed by atoms with E-state index in [1.807, 2.05) is 42.5 Å². The first-order valence-corrected chi connectivity index (χ1v) is 13.1. The number of anilines is 1. The van der Waals surface area contributed by atoms with Gasteiger partial charge in [0.25, 0.3) is 0 Å². The third-order valence-electron chi connectivity index (χ3n) is 4.70. The van der Waals surface area contributed by atoms with E-state index < -0.39 is 10.0 Å². The highest BCUT2D eigenvalue weighted by molar-refractivity contribution is 7.99. The number of primary sulfonamides is 1. The summed E-state index contributed by atoms with van der Waals surface area (Å²) in [7, 11) is -3.80. The number of carbonyl (C=O) groups excluding carboxylic acids is 1. The Labute approximate surface area is 211 Å². The topological polar surface area (TPSA) is 129 Å². The summed E-state index contributed by atoms with van der Waals surface area (Å²) >= 11 is 7.24. The van der Waals surface area contributed by atoms with Crippen molar-refractivity contribution in [2.75, 3.05) is 11.1 Å². The van der Waals surface area contributed by atoms with Crippen LogP contribution in [0.15, 0.2) is 88.9 Å². The van der Waals surface area contributed by atoms with Crippen molar-refractivity contribution in [3.05, 3.63) is 89.7 Å². The van der Waals surface area contributed by atoms with Gasteiger partial charge in [-0.2, -0.15) is 0 Å². The van der Waals surface area contributed by atoms with Gasteiger partial charge < -0.3 is 10.1 Å². The van der Waals surface area contributed by atoms with Crippen molar-refractivity contribution >= 4 is 45.0 Å². The molecule has 0 aliphatic heterocycles. The zero-order valence-corrected chi connectivity index (χ0v) is 20.6. The van der Waals surface area contributed by atoms with Crippen LogP contribution in [0.1, 0.15) is 5.82 Å². The predicted octanol–water partition coefficient (Wildman–Crippen LogP) is 3.88. The standard InChI is InChI=1S/C23H20ClN5O4S2/c24-16-6-10-18(11-7-16)29-21(14-33-19-4-2-1-3-5-19)27-28-23(29)34-15-22(30)26-17-8-12-20(13-9-17)35(25,31)32/h1-13H,14-15H2,(H,26,30)(H2,25,31,32). The first-order chi connectivity index (χ1) is 16.8. The van der Waals surface area contributed by atoms with Crippen LogP contribution < -0.4 is 15.2 Å². The second-order valence-corrected chi connectivity index (χ2v) is 10.2. The molecule has 0 spiro atoms. The highest BCUT2D eigenvalue weighted by atomic mass is 35.5. The van der Waals surface area contributed by atoms with E-state index in [9.17, 15) is 13.2 Å². The third-order valence-corrected chi connectivity index (χ3v) is 6.81. The Morgan fingerprint density at radius 2 is 1.69 bits per heavy atom. The molecule has 3 aromatic carbocycles. The molecule has 4 rings (SSSR count). The summed E-state index contributed by atoms with van der Waals surface area (Å²) < 4.78 is 30.4. The lowest BCUT2D eigenvalue weighted by Gasteiger charge is -2.11. The first kappa shape index (κ1) is 24.7. The molecule has 9 nitrogen and oxygen atoms in total. The van der Waals surface area contributed by atoms with Crippen molar-refractivity contribution in [2.24, 2.45) is 5.14 Å². The number of para-hydroxylation sites is 1. The lowest BCUT2D eigenvalue weighted by atomic mass is 10.3. The molecule has 0 fully saturated rings. The molecule has 0 atom stereocenters. The number of amides is 1. The fourth-order valence-electron chi connectivity index (χ4n) is 3.06. The molecule has 0 unspecified atom stereocenters. The highest BCUT2D eigenvalue weighted by Gasteiger charge is 2.17. The Bertz CT molecular complexity index is 1410. The fraction of sp³-hybridized carbons (Fsp3) is 0.0870. The molecule has 3 N–H and O–H groups in total. The van der Waals surface area contributed by atoms with E-state index in [0.717, 1.165) is 5.69 Å². The Hall–Kier alpha value is -3.38. The number of benzene rings is 3. The van der Waals surface area contributed by atoms with Crippen molar-refractivity contribution in [1.82, 2.24) is 14.8 Å². The number of thioether (sulfide) groups is 1. The molecule has 1 heterocycles. The van der Waals surface area contributed by atoms with Crippen molar-refractivity contribution in [3.8, 4) is 11.4 Å². The summed E-state index contributed by atoms with van der Waals surface area (Å²) in [5.41, 5.74) is 1.21. The van der Waals surface area contributed by atoms with Crippen LogP contribution in [-0.2, 0) is 21.4 Å². The van der Waals surface area contributed by atoms with Gasteiger partial charge in [0.15, 0.2) is 11.0 Å². The number of hydrogen-bond acceptors (Lipinski definition) is 7. The average molecular weight is 530 g/mol. The Morgan fingerprint density at radius 1 is 1.00 bits per heavy atom. The van der Waals surface area contributed by atoms with Crippen LogP contribution in [0.25, 0.3) is 5.69 Å². The van der Waals surface area contributed by atoms with E-state index in [2.05, 4.69) is 15.5 Å². The number of carbonyl (C=O) groups is 1. The van der Waals surface area contributed by atoms with Gasteiger partial charge in [-0.15, -0.1) is 10.2 Å². The molecule has 0 bridgehead atoms. The monoisotopic (exact) mass is 529 g/mol. The Kier molecular flexibility index (Phi) is 7.71. The number of sulfonamides is 1. The largest absolute Gasteiger partial charge is 0.486 e. The number of halogens is 1. The van der Waals surface area contributed by atoms with E-state index in [4.69, 9.17) is 21.5 Å². The minimum atomic E-state index is -3.80. The summed E-state index contributed by atoms with van der Waals surface area (Å²) in [5.74, 6) is 0.992. The molecule has 0 aliphatic carbocycles. The maximum atomic E-state index is 12.5. The number of aromatic nitrogens is 3. The van der Waals surface area contributed by atoms with Gasteiger partial charge in [-0.05, 0) is 60.7 Å². The molecule has 0 saturated carbocycles. The van der Waals surface area contributed by atoms with Gasteiger partial charge in [0.2, 0.25) is 15.9 Å². The smallest absolute Gasteiger partial charge is 0.238 e. The van der Waals surface area contributed by atoms with Gasteiger partial charge in [0.05, 0.1) is 10.6 Å². The quantitative estimate of drug-likeness (QED) is 0.315. The molecule has 0 aliphatic rings. The first-order valence-electron chi connectivity index (χ1n) is 10.2. The van der Waals surface area contributed by atoms with Crippen molar-refractivity contribution in [2.45, 2.75) is 16.7 Å². The molecule has 12 heteroatoms. The number of nitrogens with two attached hydrogens (primary N) is 1. The number of ether oxygens (including phenoxy) is 1. The zero-order chi connectivity index (χ0) is 24.8. The predicted molar refractivity (Wildman–Crippen MR) is 134 cm³/mol. The normalized spacial score (nSPS) is 11.3. The zero-order valence-electron chi connectivity index (χ0n) is 18.2. The maximum Gasteiger partial charge on any atom is 0.238 e. The lowest BCUT2D eigenvalue weighted by Crippen LogP contribution is -2.15. The molecule has 0 radical (unpaired) electrons. The van der Waals surface area contributed by atoms with Crippen LogP contribution in [0.4, 0.5) is 5.69 Å². The summed E-state index contributed by atoms with van der Waals surface area (Å²) in [6.07, 6.45) is 0. The van der Waals surface area contributed by atoms with Crippen LogP contribution in [-0.4, -0.2) is 34.8 Å². The molecule has 0 saturated heterocycles.